The van der Waals surface area contributed by atoms with Crippen LogP contribution in [0.1, 0.15) is 20.3 Å². The predicted molar refractivity (Wildman–Crippen MR) is 32.9 cm³/mol. The zero-order chi connectivity index (χ0) is 7.28. The Balaban J connectivity index is 3.59. The third kappa shape index (κ3) is 4.89. The Bertz CT molecular complexity index is 150. The zero-order valence-electron chi connectivity index (χ0n) is 5.60. The van der Waals surface area contributed by atoms with E-state index in [4.69, 9.17) is 0 Å². The summed E-state index contributed by atoms with van der Waals surface area (Å²) >= 11 is 0. The summed E-state index contributed by atoms with van der Waals surface area (Å²) in [6.45, 7) is 3.44. The largest absolute Gasteiger partial charge is 0.356 e. The first-order valence-corrected chi connectivity index (χ1v) is 2.79. The number of carbonyl (C=O) groups is 1. The molecule has 0 aliphatic carbocycles. The molecule has 0 bridgehead atoms. The van der Waals surface area contributed by atoms with Gasteiger partial charge in [0.1, 0.15) is 0 Å². The maximum Gasteiger partial charge on any atom is 0.356 e. The lowest BCUT2D eigenvalue weighted by Gasteiger charge is -1.93. The topological polar surface area (TPSA) is 37.0 Å². The summed E-state index contributed by atoms with van der Waals surface area (Å²) in [5.74, 6) is 4.22. The van der Waals surface area contributed by atoms with E-state index in [0.717, 1.165) is 0 Å². The van der Waals surface area contributed by atoms with Gasteiger partial charge in [-0.25, -0.2) is 9.90 Å². The summed E-state index contributed by atoms with van der Waals surface area (Å²) in [6, 6.07) is 0. The first kappa shape index (κ1) is 8.03. The fraction of sp³-hybridized carbons (Fsp3) is 0.571. The van der Waals surface area contributed by atoms with E-state index in [1.54, 1.807) is 13.8 Å². The molecule has 0 N–H and O–H groups in total. The lowest BCUT2D eigenvalue weighted by Crippen LogP contribution is -1.99. The van der Waals surface area contributed by atoms with Gasteiger partial charge in [0.25, 0.3) is 0 Å². The van der Waals surface area contributed by atoms with Gasteiger partial charge in [0, 0.05) is 5.92 Å². The number of rotatable bonds is 2. The molecular formula is C7H9O2. The molecule has 0 heterocycles. The van der Waals surface area contributed by atoms with E-state index < -0.39 is 5.97 Å². The summed E-state index contributed by atoms with van der Waals surface area (Å²) in [5.41, 5.74) is 0. The van der Waals surface area contributed by atoms with E-state index in [1.807, 2.05) is 0 Å². The van der Waals surface area contributed by atoms with Crippen molar-refractivity contribution in [2.75, 3.05) is 0 Å². The van der Waals surface area contributed by atoms with E-state index >= 15 is 0 Å². The Morgan fingerprint density at radius 2 is 2.22 bits per heavy atom. The van der Waals surface area contributed by atoms with Gasteiger partial charge < -0.3 is 0 Å². The molecule has 0 saturated carbocycles. The fourth-order valence-electron chi connectivity index (χ4n) is 0.547. The number of hydrogen-bond donors (Lipinski definition) is 0. The molecule has 49 valence electrons. The molecule has 0 aliphatic heterocycles. The third-order valence-electron chi connectivity index (χ3n) is 0.864. The second-order valence-corrected chi connectivity index (χ2v) is 1.87. The average Bonchev–Trinajstić information content (AvgIpc) is 1.63. The molecular weight excluding hydrogens is 116 g/mol. The van der Waals surface area contributed by atoms with Crippen molar-refractivity contribution in [3.05, 3.63) is 0 Å². The van der Waals surface area contributed by atoms with Crippen LogP contribution in [0.3, 0.4) is 0 Å². The summed E-state index contributed by atoms with van der Waals surface area (Å²) in [7, 11) is 0. The highest BCUT2D eigenvalue weighted by atomic mass is 16.4. The van der Waals surface area contributed by atoms with Crippen LogP contribution in [0.4, 0.5) is 0 Å². The molecule has 1 unspecified atom stereocenters. The van der Waals surface area contributed by atoms with Crippen molar-refractivity contribution < 1.29 is 9.90 Å². The Morgan fingerprint density at radius 3 is 2.56 bits per heavy atom. The van der Waals surface area contributed by atoms with E-state index in [2.05, 4.69) is 11.8 Å². The van der Waals surface area contributed by atoms with Crippen molar-refractivity contribution in [2.24, 2.45) is 5.92 Å². The van der Waals surface area contributed by atoms with E-state index in [-0.39, 0.29) is 12.3 Å². The molecule has 0 rings (SSSR count). The molecule has 0 aromatic heterocycles. The Kier molecular flexibility index (Phi) is 3.54. The predicted octanol–water partition coefficient (Wildman–Crippen LogP) is 0.993. The van der Waals surface area contributed by atoms with E-state index in [0.29, 0.717) is 0 Å². The Morgan fingerprint density at radius 1 is 1.67 bits per heavy atom. The normalized spacial score (nSPS) is 11.3. The molecule has 1 radical (unpaired) electrons. The van der Waals surface area contributed by atoms with Crippen LogP contribution in [0.25, 0.3) is 0 Å². The highest BCUT2D eigenvalue weighted by Crippen LogP contribution is 1.98. The van der Waals surface area contributed by atoms with Crippen molar-refractivity contribution in [2.45, 2.75) is 20.3 Å². The lowest BCUT2D eigenvalue weighted by atomic mass is 10.1. The quantitative estimate of drug-likeness (QED) is 0.507. The second kappa shape index (κ2) is 3.96. The van der Waals surface area contributed by atoms with Gasteiger partial charge in [-0.05, 0) is 6.92 Å². The van der Waals surface area contributed by atoms with Gasteiger partial charge in [0.15, 0.2) is 0 Å². The Labute approximate surface area is 54.9 Å². The summed E-state index contributed by atoms with van der Waals surface area (Å²) in [5, 5.41) is 9.91. The summed E-state index contributed by atoms with van der Waals surface area (Å²) < 4.78 is 0. The molecule has 0 amide bonds. The second-order valence-electron chi connectivity index (χ2n) is 1.87. The Hall–Kier alpha value is -0.970. The molecule has 0 aromatic rings. The molecule has 0 aliphatic rings. The van der Waals surface area contributed by atoms with Gasteiger partial charge in [-0.3, -0.25) is 0 Å². The standard InChI is InChI=1S/C7H9O2/c1-3-4-6(2)5-7(8)9/h6H,5H2,1-2H3. The summed E-state index contributed by atoms with van der Waals surface area (Å²) in [6.07, 6.45) is 0.0286. The van der Waals surface area contributed by atoms with E-state index in [9.17, 15) is 9.90 Å². The SMILES string of the molecule is CC#CC(C)CC([O])=O. The van der Waals surface area contributed by atoms with Crippen molar-refractivity contribution in [3.63, 3.8) is 0 Å². The van der Waals surface area contributed by atoms with Crippen molar-refractivity contribution in [3.8, 4) is 11.8 Å². The number of carbonyl (C=O) groups excluding carboxylic acids is 1. The van der Waals surface area contributed by atoms with Crippen LogP contribution in [0.5, 0.6) is 0 Å². The van der Waals surface area contributed by atoms with Gasteiger partial charge >= 0.3 is 5.97 Å². The van der Waals surface area contributed by atoms with E-state index in [1.165, 1.54) is 0 Å². The van der Waals surface area contributed by atoms with Gasteiger partial charge in [-0.1, -0.05) is 12.8 Å². The van der Waals surface area contributed by atoms with Crippen molar-refractivity contribution in [1.29, 1.82) is 0 Å². The van der Waals surface area contributed by atoms with Gasteiger partial charge in [0.2, 0.25) is 0 Å². The number of hydrogen-bond acceptors (Lipinski definition) is 1. The van der Waals surface area contributed by atoms with Crippen molar-refractivity contribution in [1.82, 2.24) is 0 Å². The fourth-order valence-corrected chi connectivity index (χ4v) is 0.547. The molecule has 2 heteroatoms. The molecule has 1 atom stereocenters. The highest BCUT2D eigenvalue weighted by molar-refractivity contribution is 5.67. The van der Waals surface area contributed by atoms with Gasteiger partial charge in [0.05, 0.1) is 6.42 Å². The van der Waals surface area contributed by atoms with Crippen LogP contribution in [0, 0.1) is 17.8 Å². The first-order chi connectivity index (χ1) is 4.16. The monoisotopic (exact) mass is 125 g/mol. The minimum absolute atomic E-state index is 0.0286. The maximum atomic E-state index is 9.91. The van der Waals surface area contributed by atoms with Crippen molar-refractivity contribution >= 4 is 5.97 Å². The lowest BCUT2D eigenvalue weighted by molar-refractivity contribution is -0.143. The van der Waals surface area contributed by atoms with Crippen LogP contribution < -0.4 is 0 Å². The molecule has 0 aromatic carbocycles. The van der Waals surface area contributed by atoms with Crippen LogP contribution in [0.15, 0.2) is 0 Å². The zero-order valence-corrected chi connectivity index (χ0v) is 5.60. The smallest absolute Gasteiger partial charge is 0.247 e. The molecule has 2 nitrogen and oxygen atoms in total. The van der Waals surface area contributed by atoms with Crippen LogP contribution in [-0.2, 0) is 9.90 Å². The van der Waals surface area contributed by atoms with Crippen LogP contribution in [0.2, 0.25) is 0 Å². The molecule has 0 fully saturated rings. The first-order valence-electron chi connectivity index (χ1n) is 2.79. The maximum absolute atomic E-state index is 9.91. The third-order valence-corrected chi connectivity index (χ3v) is 0.864. The van der Waals surface area contributed by atoms with Crippen LogP contribution in [-0.4, -0.2) is 5.97 Å². The molecule has 9 heavy (non-hydrogen) atoms. The minimum atomic E-state index is -1.04. The summed E-state index contributed by atoms with van der Waals surface area (Å²) in [4.78, 5) is 9.91. The van der Waals surface area contributed by atoms with Gasteiger partial charge in [-0.2, -0.15) is 0 Å². The van der Waals surface area contributed by atoms with Crippen LogP contribution >= 0.6 is 0 Å². The molecule has 0 spiro atoms. The average molecular weight is 125 g/mol. The highest BCUT2D eigenvalue weighted by Gasteiger charge is 2.04. The van der Waals surface area contributed by atoms with Gasteiger partial charge in [-0.15, -0.1) is 5.92 Å². The molecule has 0 saturated heterocycles. The minimum Gasteiger partial charge on any atom is -0.247 e.